The molecule has 6 rings (SSSR count). The third kappa shape index (κ3) is 8.29. The quantitative estimate of drug-likeness (QED) is 0.144. The van der Waals surface area contributed by atoms with Gasteiger partial charge in [-0.15, -0.1) is 0 Å². The number of hydrogen-bond acceptors (Lipinski definition) is 8. The Labute approximate surface area is 327 Å². The van der Waals surface area contributed by atoms with Crippen molar-refractivity contribution in [1.82, 2.24) is 35.7 Å². The van der Waals surface area contributed by atoms with Crippen LogP contribution >= 0.6 is 0 Å². The fourth-order valence-electron chi connectivity index (χ4n) is 7.90. The number of alkyl carbamates (subject to hydrolysis) is 2. The minimum absolute atomic E-state index is 0.119. The van der Waals surface area contributed by atoms with Gasteiger partial charge in [0.25, 0.3) is 0 Å². The summed E-state index contributed by atoms with van der Waals surface area (Å²) < 4.78 is 9.48. The van der Waals surface area contributed by atoms with E-state index in [0.29, 0.717) is 25.9 Å². The molecule has 14 nitrogen and oxygen atoms in total. The van der Waals surface area contributed by atoms with E-state index in [1.165, 1.54) is 14.2 Å². The summed E-state index contributed by atoms with van der Waals surface area (Å²) in [5.74, 6) is -0.237. The van der Waals surface area contributed by atoms with Gasteiger partial charge in [-0.25, -0.2) is 14.6 Å². The number of amides is 5. The summed E-state index contributed by atoms with van der Waals surface area (Å²) in [6, 6.07) is 15.8. The van der Waals surface area contributed by atoms with Crippen molar-refractivity contribution < 1.29 is 33.4 Å². The van der Waals surface area contributed by atoms with Crippen LogP contribution in [0.3, 0.4) is 0 Å². The molecule has 0 aliphatic carbocycles. The van der Waals surface area contributed by atoms with Gasteiger partial charge < -0.3 is 40.2 Å². The Morgan fingerprint density at radius 2 is 1.32 bits per heavy atom. The highest BCUT2D eigenvalue weighted by atomic mass is 16.5. The fraction of sp³-hybridized carbons (Fsp3) is 0.476. The summed E-state index contributed by atoms with van der Waals surface area (Å²) >= 11 is 0. The van der Waals surface area contributed by atoms with E-state index >= 15 is 0 Å². The van der Waals surface area contributed by atoms with Gasteiger partial charge in [0, 0.05) is 18.5 Å². The van der Waals surface area contributed by atoms with Crippen LogP contribution in [0, 0.1) is 11.8 Å². The van der Waals surface area contributed by atoms with E-state index in [0.717, 1.165) is 57.2 Å². The molecule has 5 atom stereocenters. The summed E-state index contributed by atoms with van der Waals surface area (Å²) in [5.41, 5.74) is 4.70. The van der Waals surface area contributed by atoms with Crippen molar-refractivity contribution >= 4 is 51.7 Å². The van der Waals surface area contributed by atoms with Gasteiger partial charge in [0.15, 0.2) is 0 Å². The zero-order chi connectivity index (χ0) is 40.3. The number of carbonyl (C=O) groups excluding carboxylic acids is 5. The molecule has 3 heterocycles. The number of fused-ring (bicyclic) bond motifs is 3. The van der Waals surface area contributed by atoms with Crippen molar-refractivity contribution in [2.45, 2.75) is 90.5 Å². The highest BCUT2D eigenvalue weighted by Gasteiger charge is 2.40. The lowest BCUT2D eigenvalue weighted by molar-refractivity contribution is -0.141. The summed E-state index contributed by atoms with van der Waals surface area (Å²) in [6.45, 7) is 10.4. The Morgan fingerprint density at radius 1 is 0.732 bits per heavy atom. The molecule has 2 fully saturated rings. The second kappa shape index (κ2) is 17.0. The van der Waals surface area contributed by atoms with Crippen molar-refractivity contribution in [3.63, 3.8) is 0 Å². The Kier molecular flexibility index (Phi) is 12.2. The number of carbonyl (C=O) groups is 5. The van der Waals surface area contributed by atoms with Crippen LogP contribution in [0.1, 0.15) is 83.8 Å². The zero-order valence-corrected chi connectivity index (χ0v) is 33.2. The average molecular weight is 768 g/mol. The maximum atomic E-state index is 13.7. The van der Waals surface area contributed by atoms with E-state index in [9.17, 15) is 24.0 Å². The molecule has 56 heavy (non-hydrogen) atoms. The molecule has 0 spiro atoms. The van der Waals surface area contributed by atoms with E-state index in [4.69, 9.17) is 14.5 Å². The number of H-pyrrole nitrogens is 1. The summed E-state index contributed by atoms with van der Waals surface area (Å²) in [7, 11) is 2.54. The van der Waals surface area contributed by atoms with Gasteiger partial charge in [0.1, 0.15) is 23.9 Å². The van der Waals surface area contributed by atoms with E-state index < -0.39 is 30.3 Å². The molecule has 298 valence electrons. The number of aromatic nitrogens is 2. The van der Waals surface area contributed by atoms with E-state index in [-0.39, 0.29) is 41.6 Å². The third-order valence-corrected chi connectivity index (χ3v) is 11.1. The molecule has 2 aliphatic heterocycles. The number of benzene rings is 3. The van der Waals surface area contributed by atoms with Crippen LogP contribution in [0.25, 0.3) is 32.9 Å². The second-order valence-corrected chi connectivity index (χ2v) is 15.5. The SMILES string of the molecule is COC(=O)N[C@H](C(=O)N1CCC[C@H]1C(=O)N[C@@H](C)c1ccc(-c2ccc3c(ccc4nc([C@@H]5CCCN5C(=O)[C@@H](NC(=O)OC)C(C)C)[nH]c43)c2)cc1)C(C)C. The lowest BCUT2D eigenvalue weighted by Gasteiger charge is -2.30. The number of nitrogens with zero attached hydrogens (tertiary/aromatic N) is 3. The average Bonchev–Trinajstić information content (AvgIpc) is 3.98. The van der Waals surface area contributed by atoms with E-state index in [2.05, 4.69) is 45.2 Å². The second-order valence-electron chi connectivity index (χ2n) is 15.5. The maximum Gasteiger partial charge on any atom is 0.407 e. The number of rotatable bonds is 11. The highest BCUT2D eigenvalue weighted by Crippen LogP contribution is 2.35. The normalized spacial score (nSPS) is 18.6. The number of nitrogens with one attached hydrogen (secondary N) is 4. The number of likely N-dealkylation sites (tertiary alicyclic amines) is 2. The number of hydrogen-bond donors (Lipinski definition) is 4. The van der Waals surface area contributed by atoms with Gasteiger partial charge in [-0.1, -0.05) is 70.2 Å². The molecule has 0 radical (unpaired) electrons. The Bertz CT molecular complexity index is 2100. The van der Waals surface area contributed by atoms with E-state index in [1.54, 1.807) is 4.90 Å². The minimum Gasteiger partial charge on any atom is -0.453 e. The lowest BCUT2D eigenvalue weighted by atomic mass is 9.98. The Morgan fingerprint density at radius 3 is 1.95 bits per heavy atom. The van der Waals surface area contributed by atoms with Crippen molar-refractivity contribution in [2.75, 3.05) is 27.3 Å². The van der Waals surface area contributed by atoms with Crippen LogP contribution in [-0.2, 0) is 23.9 Å². The summed E-state index contributed by atoms with van der Waals surface area (Å²) in [6.07, 6.45) is 1.54. The first-order valence-electron chi connectivity index (χ1n) is 19.4. The first kappa shape index (κ1) is 40.0. The smallest absolute Gasteiger partial charge is 0.407 e. The number of methoxy groups -OCH3 is 2. The number of aromatic amines is 1. The molecule has 4 N–H and O–H groups in total. The van der Waals surface area contributed by atoms with Crippen LogP contribution in [0.15, 0.2) is 54.6 Å². The molecule has 5 amide bonds. The first-order valence-corrected chi connectivity index (χ1v) is 19.4. The van der Waals surface area contributed by atoms with Crippen LogP contribution in [0.5, 0.6) is 0 Å². The maximum absolute atomic E-state index is 13.7. The van der Waals surface area contributed by atoms with Gasteiger partial charge in [0.05, 0.1) is 37.3 Å². The van der Waals surface area contributed by atoms with Crippen LogP contribution in [0.2, 0.25) is 0 Å². The largest absolute Gasteiger partial charge is 0.453 e. The van der Waals surface area contributed by atoms with E-state index in [1.807, 2.05) is 69.9 Å². The minimum atomic E-state index is -0.791. The molecule has 1 aromatic heterocycles. The van der Waals surface area contributed by atoms with Crippen molar-refractivity contribution in [3.05, 3.63) is 66.0 Å². The Hall–Kier alpha value is -5.66. The number of ether oxygens (including phenoxy) is 2. The molecule has 3 aromatic carbocycles. The summed E-state index contributed by atoms with van der Waals surface area (Å²) in [5, 5.41) is 10.5. The molecule has 0 saturated carbocycles. The molecule has 0 bridgehead atoms. The van der Waals surface area contributed by atoms with Crippen molar-refractivity contribution in [3.8, 4) is 11.1 Å². The predicted molar refractivity (Wildman–Crippen MR) is 212 cm³/mol. The molecule has 2 saturated heterocycles. The monoisotopic (exact) mass is 767 g/mol. The Balaban J connectivity index is 1.14. The van der Waals surface area contributed by atoms with Crippen LogP contribution < -0.4 is 16.0 Å². The first-order chi connectivity index (χ1) is 26.8. The standard InChI is InChI=1S/C42H53N7O7/c1-23(2)34(46-41(53)55-6)39(51)48-20-8-10-32(48)37-44-31-19-17-29-22-28(16-18-30(29)36(31)45-37)27-14-12-26(13-15-27)25(5)43-38(50)33-11-9-21-49(33)40(52)35(24(3)4)47-42(54)56-7/h12-19,22-25,32-35H,8-11,20-21H2,1-7H3,(H,43,50)(H,44,45)(H,46,53)(H,47,54)/t25-,32-,33-,34-,35-/m0/s1. The van der Waals surface area contributed by atoms with Crippen LogP contribution in [0.4, 0.5) is 9.59 Å². The van der Waals surface area contributed by atoms with Gasteiger partial charge in [0.2, 0.25) is 17.7 Å². The molecule has 2 aliphatic rings. The fourth-order valence-corrected chi connectivity index (χ4v) is 7.90. The number of imidazole rings is 1. The van der Waals surface area contributed by atoms with Gasteiger partial charge in [-0.2, -0.15) is 0 Å². The topological polar surface area (TPSA) is 175 Å². The van der Waals surface area contributed by atoms with Gasteiger partial charge >= 0.3 is 12.2 Å². The summed E-state index contributed by atoms with van der Waals surface area (Å²) in [4.78, 5) is 76.3. The highest BCUT2D eigenvalue weighted by molar-refractivity contribution is 6.05. The van der Waals surface area contributed by atoms with Gasteiger partial charge in [-0.05, 0) is 78.7 Å². The molecule has 4 aromatic rings. The molecular formula is C42H53N7O7. The molecule has 0 unspecified atom stereocenters. The zero-order valence-electron chi connectivity index (χ0n) is 33.2. The molecular weight excluding hydrogens is 715 g/mol. The lowest BCUT2D eigenvalue weighted by Crippen LogP contribution is -2.55. The predicted octanol–water partition coefficient (Wildman–Crippen LogP) is 5.98. The van der Waals surface area contributed by atoms with Crippen molar-refractivity contribution in [1.29, 1.82) is 0 Å². The van der Waals surface area contributed by atoms with Crippen LogP contribution in [-0.4, -0.2) is 95.1 Å². The van der Waals surface area contributed by atoms with Crippen molar-refractivity contribution in [2.24, 2.45) is 11.8 Å². The molecule has 14 heteroatoms. The van der Waals surface area contributed by atoms with Gasteiger partial charge in [-0.3, -0.25) is 14.4 Å². The third-order valence-electron chi connectivity index (χ3n) is 11.1.